The Morgan fingerprint density at radius 3 is 2.74 bits per heavy atom. The van der Waals surface area contributed by atoms with Gasteiger partial charge in [-0.15, -0.1) is 11.8 Å². The lowest BCUT2D eigenvalue weighted by Gasteiger charge is -2.26. The first-order chi connectivity index (χ1) is 13.0. The summed E-state index contributed by atoms with van der Waals surface area (Å²) < 4.78 is 16.0. The Balaban J connectivity index is 1.86. The molecule has 0 aliphatic carbocycles. The molecule has 4 rings (SSSR count). The molecule has 0 radical (unpaired) electrons. The van der Waals surface area contributed by atoms with E-state index in [0.717, 1.165) is 0 Å². The Bertz CT molecular complexity index is 953. The number of anilines is 1. The van der Waals surface area contributed by atoms with Gasteiger partial charge in [-0.25, -0.2) is 0 Å². The number of nitro benzene ring substituents is 1. The predicted octanol–water partition coefficient (Wildman–Crippen LogP) is 3.76. The number of benzene rings is 2. The van der Waals surface area contributed by atoms with Gasteiger partial charge in [0.1, 0.15) is 11.1 Å². The minimum Gasteiger partial charge on any atom is -0.495 e. The van der Waals surface area contributed by atoms with Gasteiger partial charge in [-0.2, -0.15) is 0 Å². The Kier molecular flexibility index (Phi) is 4.48. The van der Waals surface area contributed by atoms with E-state index in [-0.39, 0.29) is 24.1 Å². The van der Waals surface area contributed by atoms with E-state index in [1.54, 1.807) is 24.3 Å². The highest BCUT2D eigenvalue weighted by Crippen LogP contribution is 2.50. The van der Waals surface area contributed by atoms with Crippen molar-refractivity contribution in [1.29, 1.82) is 0 Å². The van der Waals surface area contributed by atoms with E-state index in [1.807, 2.05) is 0 Å². The molecule has 0 aromatic heterocycles. The van der Waals surface area contributed by atoms with Crippen molar-refractivity contribution >= 4 is 40.6 Å². The number of rotatable bonds is 4. The van der Waals surface area contributed by atoms with Crippen molar-refractivity contribution in [3.8, 4) is 17.2 Å². The number of nitrogens with zero attached hydrogens (tertiary/aromatic N) is 2. The van der Waals surface area contributed by atoms with Crippen LogP contribution in [0, 0.1) is 10.1 Å². The van der Waals surface area contributed by atoms with Gasteiger partial charge in [-0.1, -0.05) is 11.6 Å². The molecular formula is C17H13ClN2O6S. The van der Waals surface area contributed by atoms with Crippen LogP contribution in [0.4, 0.5) is 11.4 Å². The Hall–Kier alpha value is -2.65. The topological polar surface area (TPSA) is 91.1 Å². The summed E-state index contributed by atoms with van der Waals surface area (Å²) in [5, 5.41) is 11.4. The van der Waals surface area contributed by atoms with Gasteiger partial charge in [0.2, 0.25) is 12.7 Å². The fourth-order valence-electron chi connectivity index (χ4n) is 3.07. The number of fused-ring (bicyclic) bond motifs is 1. The number of hydrogen-bond acceptors (Lipinski definition) is 7. The number of amides is 1. The highest BCUT2D eigenvalue weighted by Gasteiger charge is 2.40. The maximum Gasteiger partial charge on any atom is 0.279 e. The number of nitro groups is 1. The van der Waals surface area contributed by atoms with E-state index in [1.165, 1.54) is 29.8 Å². The Labute approximate surface area is 163 Å². The van der Waals surface area contributed by atoms with Crippen molar-refractivity contribution in [3.63, 3.8) is 0 Å². The molecule has 1 atom stereocenters. The first kappa shape index (κ1) is 17.7. The molecular weight excluding hydrogens is 396 g/mol. The van der Waals surface area contributed by atoms with E-state index in [4.69, 9.17) is 25.8 Å². The number of thioether (sulfide) groups is 1. The number of ether oxygens (including phenoxy) is 3. The fraction of sp³-hybridized carbons (Fsp3) is 0.235. The van der Waals surface area contributed by atoms with Crippen LogP contribution in [0.1, 0.15) is 10.9 Å². The summed E-state index contributed by atoms with van der Waals surface area (Å²) in [6.45, 7) is -0.00148. The molecule has 0 saturated carbocycles. The van der Waals surface area contributed by atoms with Gasteiger partial charge in [-0.05, 0) is 24.3 Å². The van der Waals surface area contributed by atoms with Gasteiger partial charge < -0.3 is 14.2 Å². The molecule has 1 saturated heterocycles. The molecule has 10 heteroatoms. The molecule has 2 aromatic rings. The molecule has 1 fully saturated rings. The molecule has 1 unspecified atom stereocenters. The Morgan fingerprint density at radius 2 is 2.04 bits per heavy atom. The largest absolute Gasteiger partial charge is 0.495 e. The summed E-state index contributed by atoms with van der Waals surface area (Å²) in [5.41, 5.74) is 0.663. The van der Waals surface area contributed by atoms with Gasteiger partial charge in [-0.3, -0.25) is 19.8 Å². The summed E-state index contributed by atoms with van der Waals surface area (Å²) in [7, 11) is 1.48. The van der Waals surface area contributed by atoms with Crippen LogP contribution in [0.15, 0.2) is 30.3 Å². The minimum atomic E-state index is -0.625. The van der Waals surface area contributed by atoms with Crippen molar-refractivity contribution in [2.75, 3.05) is 24.6 Å². The summed E-state index contributed by atoms with van der Waals surface area (Å²) in [4.78, 5) is 25.2. The maximum atomic E-state index is 12.6. The number of halogens is 1. The molecule has 2 aliphatic heterocycles. The lowest BCUT2D eigenvalue weighted by atomic mass is 10.1. The van der Waals surface area contributed by atoms with Crippen LogP contribution in [0.3, 0.4) is 0 Å². The van der Waals surface area contributed by atoms with Gasteiger partial charge in [0.25, 0.3) is 5.69 Å². The third-order valence-corrected chi connectivity index (χ3v) is 5.68. The molecule has 0 spiro atoms. The number of hydrogen-bond donors (Lipinski definition) is 0. The molecule has 140 valence electrons. The number of carbonyl (C=O) groups is 1. The average molecular weight is 409 g/mol. The van der Waals surface area contributed by atoms with E-state index < -0.39 is 10.3 Å². The van der Waals surface area contributed by atoms with Crippen LogP contribution in [0.25, 0.3) is 0 Å². The van der Waals surface area contributed by atoms with Gasteiger partial charge in [0.05, 0.1) is 35.1 Å². The normalized spacial score (nSPS) is 18.1. The van der Waals surface area contributed by atoms with E-state index in [9.17, 15) is 14.9 Å². The summed E-state index contributed by atoms with van der Waals surface area (Å²) in [6.07, 6.45) is 0. The van der Waals surface area contributed by atoms with Crippen molar-refractivity contribution < 1.29 is 23.9 Å². The Morgan fingerprint density at radius 1 is 1.30 bits per heavy atom. The van der Waals surface area contributed by atoms with Gasteiger partial charge >= 0.3 is 0 Å². The van der Waals surface area contributed by atoms with E-state index in [0.29, 0.717) is 33.5 Å². The molecule has 0 bridgehead atoms. The lowest BCUT2D eigenvalue weighted by Crippen LogP contribution is -2.28. The highest BCUT2D eigenvalue weighted by molar-refractivity contribution is 8.00. The first-order valence-electron chi connectivity index (χ1n) is 7.84. The second kappa shape index (κ2) is 6.82. The quantitative estimate of drug-likeness (QED) is 0.561. The second-order valence-corrected chi connectivity index (χ2v) is 7.27. The van der Waals surface area contributed by atoms with Crippen LogP contribution in [-0.2, 0) is 4.79 Å². The molecule has 2 heterocycles. The lowest BCUT2D eigenvalue weighted by molar-refractivity contribution is -0.385. The molecule has 2 aromatic carbocycles. The zero-order chi connectivity index (χ0) is 19.1. The van der Waals surface area contributed by atoms with Crippen LogP contribution in [0.2, 0.25) is 5.02 Å². The third-order valence-electron chi connectivity index (χ3n) is 4.25. The standard InChI is InChI=1S/C17H13ClN2O6S/c1-24-13-3-2-9(18)4-12(13)19-16(21)7-27-17(19)10-5-14-15(26-8-25-14)6-11(10)20(22)23/h2-6,17H,7-8H2,1H3. The molecule has 8 nitrogen and oxygen atoms in total. The molecule has 27 heavy (non-hydrogen) atoms. The van der Waals surface area contributed by atoms with E-state index in [2.05, 4.69) is 0 Å². The molecule has 0 N–H and O–H groups in total. The monoisotopic (exact) mass is 408 g/mol. The van der Waals surface area contributed by atoms with Crippen LogP contribution in [-0.4, -0.2) is 30.5 Å². The second-order valence-electron chi connectivity index (χ2n) is 5.76. The fourth-order valence-corrected chi connectivity index (χ4v) is 4.42. The predicted molar refractivity (Wildman–Crippen MR) is 99.9 cm³/mol. The maximum absolute atomic E-state index is 12.6. The van der Waals surface area contributed by atoms with E-state index >= 15 is 0 Å². The minimum absolute atomic E-state index is 0.00148. The van der Waals surface area contributed by atoms with Crippen molar-refractivity contribution in [3.05, 3.63) is 51.0 Å². The van der Waals surface area contributed by atoms with Gasteiger partial charge in [0.15, 0.2) is 11.5 Å². The smallest absolute Gasteiger partial charge is 0.279 e. The van der Waals surface area contributed by atoms with Gasteiger partial charge in [0, 0.05) is 5.02 Å². The van der Waals surface area contributed by atoms with Crippen LogP contribution < -0.4 is 19.1 Å². The summed E-state index contributed by atoms with van der Waals surface area (Å²) >= 11 is 7.39. The van der Waals surface area contributed by atoms with Crippen LogP contribution in [0.5, 0.6) is 17.2 Å². The van der Waals surface area contributed by atoms with Crippen molar-refractivity contribution in [2.24, 2.45) is 0 Å². The van der Waals surface area contributed by atoms with Crippen molar-refractivity contribution in [2.45, 2.75) is 5.37 Å². The molecule has 2 aliphatic rings. The summed E-state index contributed by atoms with van der Waals surface area (Å²) in [5.74, 6) is 1.15. The van der Waals surface area contributed by atoms with Crippen LogP contribution >= 0.6 is 23.4 Å². The zero-order valence-electron chi connectivity index (χ0n) is 14.0. The third kappa shape index (κ3) is 3.02. The summed E-state index contributed by atoms with van der Waals surface area (Å²) in [6, 6.07) is 7.79. The first-order valence-corrected chi connectivity index (χ1v) is 9.27. The number of carbonyl (C=O) groups excluding carboxylic acids is 1. The SMILES string of the molecule is COc1ccc(Cl)cc1N1C(=O)CSC1c1cc2c(cc1[N+](=O)[O-])OCO2. The van der Waals surface area contributed by atoms with Crippen molar-refractivity contribution in [1.82, 2.24) is 0 Å². The zero-order valence-corrected chi connectivity index (χ0v) is 15.6. The number of methoxy groups -OCH3 is 1. The average Bonchev–Trinajstić information content (AvgIpc) is 3.26. The molecule has 1 amide bonds. The highest BCUT2D eigenvalue weighted by atomic mass is 35.5.